The van der Waals surface area contributed by atoms with Crippen LogP contribution in [0.15, 0.2) is 91.0 Å². The number of benzene rings is 4. The van der Waals surface area contributed by atoms with Gasteiger partial charge < -0.3 is 10.6 Å². The van der Waals surface area contributed by atoms with E-state index in [0.717, 1.165) is 0 Å². The average molecular weight is 510 g/mol. The van der Waals surface area contributed by atoms with E-state index in [4.69, 9.17) is 0 Å². The van der Waals surface area contributed by atoms with Crippen molar-refractivity contribution in [2.75, 3.05) is 10.6 Å². The molecule has 2 aliphatic rings. The van der Waals surface area contributed by atoms with Crippen LogP contribution >= 0.6 is 22.7 Å². The van der Waals surface area contributed by atoms with Gasteiger partial charge in [0.2, 0.25) is 0 Å². The first-order valence-corrected chi connectivity index (χ1v) is 14.3. The van der Waals surface area contributed by atoms with Crippen LogP contribution < -0.4 is 10.6 Å². The lowest BCUT2D eigenvalue weighted by molar-refractivity contribution is 0.760. The second-order valence-corrected chi connectivity index (χ2v) is 12.3. The van der Waals surface area contributed by atoms with Crippen LogP contribution in [0.5, 0.6) is 0 Å². The van der Waals surface area contributed by atoms with E-state index < -0.39 is 0 Å². The zero-order valence-corrected chi connectivity index (χ0v) is 21.2. The minimum Gasteiger partial charge on any atom is -0.373 e. The zero-order valence-electron chi connectivity index (χ0n) is 19.6. The standard InChI is InChI=1S/C32H19N3S2/c1-5-14-22-16(8-1)24-29-25(31-26(30(24)36-22)17-9-2-6-15-23(17)37-31)18-10-7-11-19-27-32(35(29)28(18)19)34-21-13-4-3-12-20(21)33-27/h1-15,20-21,33-34H. The molecule has 174 valence electrons. The smallest absolute Gasteiger partial charge is 0.136 e. The number of allylic oxidation sites excluding steroid dienone is 2. The van der Waals surface area contributed by atoms with Gasteiger partial charge in [-0.3, -0.25) is 4.40 Å². The normalized spacial score (nSPS) is 19.0. The molecule has 2 N–H and O–H groups in total. The van der Waals surface area contributed by atoms with Crippen LogP contribution in [0.25, 0.3) is 67.5 Å². The minimum absolute atomic E-state index is 0.230. The van der Waals surface area contributed by atoms with E-state index in [1.54, 1.807) is 0 Å². The molecular formula is C32H19N3S2. The Morgan fingerprint density at radius 1 is 0.568 bits per heavy atom. The van der Waals surface area contributed by atoms with Gasteiger partial charge in [0.25, 0.3) is 0 Å². The van der Waals surface area contributed by atoms with Gasteiger partial charge >= 0.3 is 0 Å². The Morgan fingerprint density at radius 2 is 1.16 bits per heavy atom. The minimum atomic E-state index is 0.230. The number of aromatic nitrogens is 1. The Labute approximate surface area is 219 Å². The summed E-state index contributed by atoms with van der Waals surface area (Å²) in [6.45, 7) is 0. The summed E-state index contributed by atoms with van der Waals surface area (Å²) in [5.41, 5.74) is 3.87. The van der Waals surface area contributed by atoms with Crippen molar-refractivity contribution >= 4 is 102 Å². The van der Waals surface area contributed by atoms with Crippen LogP contribution in [0.2, 0.25) is 0 Å². The first-order chi connectivity index (χ1) is 18.4. The van der Waals surface area contributed by atoms with Crippen molar-refractivity contribution in [1.29, 1.82) is 0 Å². The predicted octanol–water partition coefficient (Wildman–Crippen LogP) is 9.12. The van der Waals surface area contributed by atoms with E-state index in [0.29, 0.717) is 0 Å². The van der Waals surface area contributed by atoms with Crippen LogP contribution in [0.3, 0.4) is 0 Å². The maximum Gasteiger partial charge on any atom is 0.136 e. The molecule has 0 saturated heterocycles. The molecule has 10 rings (SSSR count). The van der Waals surface area contributed by atoms with Crippen LogP contribution in [0.4, 0.5) is 11.5 Å². The van der Waals surface area contributed by atoms with Crippen molar-refractivity contribution in [3.05, 3.63) is 91.0 Å². The fourth-order valence-corrected chi connectivity index (χ4v) is 9.47. The van der Waals surface area contributed by atoms with Crippen molar-refractivity contribution in [2.45, 2.75) is 12.1 Å². The molecule has 0 amide bonds. The number of nitrogens with one attached hydrogen (secondary N) is 2. The highest BCUT2D eigenvalue weighted by molar-refractivity contribution is 7.30. The number of hydrogen-bond acceptors (Lipinski definition) is 4. The van der Waals surface area contributed by atoms with E-state index in [1.807, 2.05) is 22.7 Å². The molecule has 0 radical (unpaired) electrons. The Kier molecular flexibility index (Phi) is 3.32. The molecule has 4 aromatic heterocycles. The summed E-state index contributed by atoms with van der Waals surface area (Å²) in [5, 5.41) is 17.3. The Bertz CT molecular complexity index is 2300. The van der Waals surface area contributed by atoms with Crippen molar-refractivity contribution in [3.63, 3.8) is 0 Å². The predicted molar refractivity (Wildman–Crippen MR) is 162 cm³/mol. The van der Waals surface area contributed by atoms with Crippen LogP contribution in [0, 0.1) is 0 Å². The lowest BCUT2D eigenvalue weighted by atomic mass is 9.99. The van der Waals surface area contributed by atoms with Crippen molar-refractivity contribution < 1.29 is 0 Å². The van der Waals surface area contributed by atoms with Gasteiger partial charge in [0, 0.05) is 56.5 Å². The van der Waals surface area contributed by atoms with E-state index in [9.17, 15) is 0 Å². The molecule has 2 atom stereocenters. The first-order valence-electron chi connectivity index (χ1n) is 12.7. The third-order valence-corrected chi connectivity index (χ3v) is 10.7. The zero-order chi connectivity index (χ0) is 23.8. The molecule has 8 aromatic rings. The van der Waals surface area contributed by atoms with Gasteiger partial charge in [0.15, 0.2) is 0 Å². The first kappa shape index (κ1) is 19.1. The van der Waals surface area contributed by atoms with Crippen LogP contribution in [-0.4, -0.2) is 16.5 Å². The fourth-order valence-electron chi connectivity index (χ4n) is 6.86. The molecule has 1 aliphatic heterocycles. The summed E-state index contributed by atoms with van der Waals surface area (Å²) < 4.78 is 8.05. The SMILES string of the molecule is C1=CC2Nc3c(n4c5c3cccc5c3c5sc6ccccc6c5c5sc6ccccc6c5c34)NC2C=C1. The molecule has 5 heterocycles. The van der Waals surface area contributed by atoms with Gasteiger partial charge in [-0.2, -0.15) is 0 Å². The third-order valence-electron chi connectivity index (χ3n) is 8.35. The number of thiophene rings is 2. The fraction of sp³-hybridized carbons (Fsp3) is 0.0625. The molecule has 0 saturated carbocycles. The Morgan fingerprint density at radius 3 is 1.92 bits per heavy atom. The number of fused-ring (bicyclic) bond motifs is 16. The second-order valence-electron chi connectivity index (χ2n) is 10.2. The summed E-state index contributed by atoms with van der Waals surface area (Å²) in [6, 6.07) is 25.2. The van der Waals surface area contributed by atoms with Crippen molar-refractivity contribution in [2.24, 2.45) is 0 Å². The number of nitrogens with zero attached hydrogens (tertiary/aromatic N) is 1. The van der Waals surface area contributed by atoms with E-state index in [-0.39, 0.29) is 12.1 Å². The van der Waals surface area contributed by atoms with E-state index in [1.165, 1.54) is 79.0 Å². The summed E-state index contributed by atoms with van der Waals surface area (Å²) in [5.74, 6) is 1.18. The molecular weight excluding hydrogens is 491 g/mol. The summed E-state index contributed by atoms with van der Waals surface area (Å²) in [4.78, 5) is 0. The highest BCUT2D eigenvalue weighted by atomic mass is 32.1. The average Bonchev–Trinajstić information content (AvgIpc) is 3.67. The Hall–Kier alpha value is -4.06. The van der Waals surface area contributed by atoms with Crippen molar-refractivity contribution in [3.8, 4) is 0 Å². The van der Waals surface area contributed by atoms with Gasteiger partial charge in [-0.05, 0) is 12.1 Å². The maximum absolute atomic E-state index is 3.93. The molecule has 5 heteroatoms. The largest absolute Gasteiger partial charge is 0.373 e. The molecule has 4 aromatic carbocycles. The van der Waals surface area contributed by atoms with Crippen LogP contribution in [-0.2, 0) is 0 Å². The molecule has 0 fully saturated rings. The molecule has 0 spiro atoms. The number of hydrogen-bond donors (Lipinski definition) is 2. The Balaban J connectivity index is 1.53. The van der Waals surface area contributed by atoms with Gasteiger partial charge in [0.05, 0.1) is 28.8 Å². The monoisotopic (exact) mass is 509 g/mol. The molecule has 37 heavy (non-hydrogen) atoms. The van der Waals surface area contributed by atoms with Crippen molar-refractivity contribution in [1.82, 2.24) is 4.40 Å². The van der Waals surface area contributed by atoms with Gasteiger partial charge in [-0.1, -0.05) is 78.9 Å². The highest BCUT2D eigenvalue weighted by Gasteiger charge is 2.33. The number of para-hydroxylation sites is 1. The van der Waals surface area contributed by atoms with E-state index >= 15 is 0 Å². The molecule has 3 nitrogen and oxygen atoms in total. The second kappa shape index (κ2) is 6.43. The summed E-state index contributed by atoms with van der Waals surface area (Å²) in [6.07, 6.45) is 8.83. The van der Waals surface area contributed by atoms with Gasteiger partial charge in [0.1, 0.15) is 5.82 Å². The third kappa shape index (κ3) is 2.17. The van der Waals surface area contributed by atoms with Gasteiger partial charge in [-0.25, -0.2) is 0 Å². The highest BCUT2D eigenvalue weighted by Crippen LogP contribution is 2.54. The lowest BCUT2D eigenvalue weighted by Gasteiger charge is -2.33. The van der Waals surface area contributed by atoms with E-state index in [2.05, 4.69) is 106 Å². The van der Waals surface area contributed by atoms with Gasteiger partial charge in [-0.15, -0.1) is 22.7 Å². The summed E-state index contributed by atoms with van der Waals surface area (Å²) >= 11 is 3.88. The number of rotatable bonds is 0. The molecule has 0 bridgehead atoms. The molecule has 1 aliphatic carbocycles. The maximum atomic E-state index is 3.93. The van der Waals surface area contributed by atoms with Crippen LogP contribution in [0.1, 0.15) is 0 Å². The number of anilines is 2. The lowest BCUT2D eigenvalue weighted by Crippen LogP contribution is -2.41. The quantitative estimate of drug-likeness (QED) is 0.213. The summed E-state index contributed by atoms with van der Waals surface area (Å²) in [7, 11) is 0. The molecule has 2 unspecified atom stereocenters. The topological polar surface area (TPSA) is 28.5 Å².